The van der Waals surface area contributed by atoms with Crippen molar-refractivity contribution in [2.45, 2.75) is 38.5 Å². The third-order valence-electron chi connectivity index (χ3n) is 5.30. The van der Waals surface area contributed by atoms with E-state index in [-0.39, 0.29) is 129 Å². The van der Waals surface area contributed by atoms with Gasteiger partial charge in [0, 0.05) is 24.5 Å². The van der Waals surface area contributed by atoms with Crippen LogP contribution < -0.4 is 158 Å². The van der Waals surface area contributed by atoms with E-state index in [0.717, 1.165) is 38.5 Å². The van der Waals surface area contributed by atoms with E-state index in [0.29, 0.717) is 37.3 Å². The molecule has 0 N–H and O–H groups in total. The molecule has 0 saturated carbocycles. The Kier molecular flexibility index (Phi) is 25.8. The molecule has 0 bridgehead atoms. The van der Waals surface area contributed by atoms with Gasteiger partial charge in [0.15, 0.2) is 0 Å². The van der Waals surface area contributed by atoms with Crippen molar-refractivity contribution in [1.82, 2.24) is 0 Å². The molecule has 2 rings (SSSR count). The maximum atomic E-state index is 11.3. The first-order valence-electron chi connectivity index (χ1n) is 10.8. The zero-order valence-corrected chi connectivity index (χ0v) is 32.3. The summed E-state index contributed by atoms with van der Waals surface area (Å²) in [6, 6.07) is 10.5. The van der Waals surface area contributed by atoms with E-state index in [1.165, 1.54) is 58.3 Å². The van der Waals surface area contributed by atoms with Crippen LogP contribution in [-0.4, -0.2) is 25.9 Å². The fourth-order valence-electron chi connectivity index (χ4n) is 3.41. The van der Waals surface area contributed by atoms with Gasteiger partial charge in [-0.2, -0.15) is 0 Å². The van der Waals surface area contributed by atoms with Crippen LogP contribution in [0.15, 0.2) is 48.5 Å². The van der Waals surface area contributed by atoms with Gasteiger partial charge in [-0.15, -0.1) is 0 Å². The minimum atomic E-state index is -4.81. The zero-order chi connectivity index (χ0) is 25.2. The Morgan fingerprint density at radius 3 is 1.03 bits per heavy atom. The molecule has 16 heteroatoms. The number of unbranched alkanes of at least 4 members (excludes halogenated alkanes) is 5. The molecule has 0 spiro atoms. The number of nitrogens with zero attached hydrogens (tertiary/aromatic N) is 2. The van der Waals surface area contributed by atoms with Crippen molar-refractivity contribution in [3.05, 3.63) is 48.5 Å². The minimum absolute atomic E-state index is 0. The van der Waals surface area contributed by atoms with E-state index < -0.39 is 15.2 Å². The van der Waals surface area contributed by atoms with Gasteiger partial charge in [-0.05, 0) is 62.9 Å². The summed E-state index contributed by atoms with van der Waals surface area (Å²) in [5.41, 5.74) is 1.03. The van der Waals surface area contributed by atoms with Crippen LogP contribution in [0.2, 0.25) is 0 Å². The molecule has 186 valence electrons. The van der Waals surface area contributed by atoms with Crippen molar-refractivity contribution in [2.75, 3.05) is 22.9 Å². The van der Waals surface area contributed by atoms with E-state index in [4.69, 9.17) is 0 Å². The van der Waals surface area contributed by atoms with Crippen molar-refractivity contribution >= 4 is 50.0 Å². The van der Waals surface area contributed by atoms with Crippen molar-refractivity contribution in [1.29, 1.82) is 0 Å². The molecule has 38 heavy (non-hydrogen) atoms. The van der Waals surface area contributed by atoms with Gasteiger partial charge in [0.05, 0.1) is 0 Å². The topological polar surface area (TPSA) is 167 Å². The first kappa shape index (κ1) is 44.1. The molecule has 0 aliphatic heterocycles. The maximum absolute atomic E-state index is 11.3. The van der Waals surface area contributed by atoms with Crippen LogP contribution in [0, 0.1) is 0 Å². The van der Waals surface area contributed by atoms with Crippen LogP contribution in [0.5, 0.6) is 0 Å². The molecule has 0 aromatic heterocycles. The first-order chi connectivity index (χ1) is 16.1. The molecule has 0 unspecified atom stereocenters. The fraction of sp³-hybridized carbons (Fsp3) is 0.364. The molecule has 0 heterocycles. The predicted octanol–water partition coefficient (Wildman–Crippen LogP) is -12.3. The van der Waals surface area contributed by atoms with Gasteiger partial charge < -0.3 is 38.5 Å². The standard InChI is InChI=1S/C22H30N2O8P2.4Na/c25-17-23(19-7-11-21(12-8-19)33(27,28)29)15-5-3-1-2-4-6-16-24(18-26)20-9-13-22(14-10-20)34(30,31)32;;;;/h7-14,17-18H,1-6,15-16H2,(H2,27,28,29)(H2,30,31,32);;;;/q;4*+1/p-4. The van der Waals surface area contributed by atoms with Crippen molar-refractivity contribution in [3.8, 4) is 0 Å². The molecular weight excluding hydrogens is 574 g/mol. The zero-order valence-electron chi connectivity index (χ0n) is 22.5. The summed E-state index contributed by atoms with van der Waals surface area (Å²) in [7, 11) is -9.63. The second-order valence-corrected chi connectivity index (χ2v) is 10.8. The smallest absolute Gasteiger partial charge is 0.807 e. The van der Waals surface area contributed by atoms with Gasteiger partial charge in [0.1, 0.15) is 0 Å². The summed E-state index contributed by atoms with van der Waals surface area (Å²) in [5.74, 6) is 0. The number of carbonyl (C=O) groups is 2. The average Bonchev–Trinajstić information content (AvgIpc) is 2.80. The molecule has 10 nitrogen and oxygen atoms in total. The fourth-order valence-corrected chi connectivity index (χ4v) is 4.44. The normalized spacial score (nSPS) is 10.5. The van der Waals surface area contributed by atoms with Crippen LogP contribution in [0.4, 0.5) is 11.4 Å². The van der Waals surface area contributed by atoms with Gasteiger partial charge in [-0.3, -0.25) is 9.59 Å². The molecule has 0 atom stereocenters. The summed E-state index contributed by atoms with van der Waals surface area (Å²) in [6.45, 7) is 0.924. The Bertz CT molecular complexity index is 953. The van der Waals surface area contributed by atoms with Gasteiger partial charge in [-0.1, -0.05) is 49.9 Å². The van der Waals surface area contributed by atoms with Gasteiger partial charge >= 0.3 is 118 Å². The quantitative estimate of drug-likeness (QED) is 0.0841. The Labute approximate surface area is 312 Å². The minimum Gasteiger partial charge on any atom is -0.807 e. The monoisotopic (exact) mass is 600 g/mol. The van der Waals surface area contributed by atoms with Crippen LogP contribution >= 0.6 is 15.2 Å². The molecule has 2 amide bonds. The molecule has 2 aromatic rings. The van der Waals surface area contributed by atoms with E-state index in [1.807, 2.05) is 0 Å². The molecule has 2 aromatic carbocycles. The number of hydrogen-bond donors (Lipinski definition) is 0. The number of anilines is 2. The largest absolute Gasteiger partial charge is 1.00 e. The van der Waals surface area contributed by atoms with Gasteiger partial charge in [0.2, 0.25) is 12.8 Å². The van der Waals surface area contributed by atoms with Crippen LogP contribution in [0.25, 0.3) is 0 Å². The molecule has 0 radical (unpaired) electrons. The summed E-state index contributed by atoms with van der Waals surface area (Å²) >= 11 is 0. The van der Waals surface area contributed by atoms with E-state index in [9.17, 15) is 38.3 Å². The Morgan fingerprint density at radius 1 is 0.526 bits per heavy atom. The van der Waals surface area contributed by atoms with Gasteiger partial charge in [-0.25, -0.2) is 0 Å². The Morgan fingerprint density at radius 2 is 0.789 bits per heavy atom. The summed E-state index contributed by atoms with van der Waals surface area (Å²) < 4.78 is 22.0. The van der Waals surface area contributed by atoms with Crippen LogP contribution in [-0.2, 0) is 18.7 Å². The number of carbonyl (C=O) groups excluding carboxylic acids is 2. The van der Waals surface area contributed by atoms with E-state index in [2.05, 4.69) is 0 Å². The molecule has 0 aliphatic rings. The van der Waals surface area contributed by atoms with E-state index >= 15 is 0 Å². The number of hydrogen-bond acceptors (Lipinski definition) is 8. The maximum Gasteiger partial charge on any atom is 1.00 e. The molecule has 0 aliphatic carbocycles. The van der Waals surface area contributed by atoms with Crippen LogP contribution in [0.1, 0.15) is 38.5 Å². The number of benzene rings is 2. The summed E-state index contributed by atoms with van der Waals surface area (Å²) in [5, 5.41) is -0.633. The Balaban J connectivity index is -0.00000306. The van der Waals surface area contributed by atoms with Gasteiger partial charge in [0.25, 0.3) is 0 Å². The number of amides is 2. The molecular formula is C22H26N2Na4O8P2. The molecule has 0 saturated heterocycles. The molecule has 0 fully saturated rings. The van der Waals surface area contributed by atoms with Crippen molar-refractivity contribution in [2.24, 2.45) is 0 Å². The Hall–Kier alpha value is 1.68. The second kappa shape index (κ2) is 22.3. The number of rotatable bonds is 15. The second-order valence-electron chi connectivity index (χ2n) is 7.75. The van der Waals surface area contributed by atoms with E-state index in [1.54, 1.807) is 0 Å². The third-order valence-corrected chi connectivity index (χ3v) is 7.16. The van der Waals surface area contributed by atoms with Crippen molar-refractivity contribution < 1.29 is 157 Å². The third kappa shape index (κ3) is 15.8. The average molecular weight is 600 g/mol. The van der Waals surface area contributed by atoms with Crippen molar-refractivity contribution in [3.63, 3.8) is 0 Å². The predicted molar refractivity (Wildman–Crippen MR) is 122 cm³/mol. The van der Waals surface area contributed by atoms with Crippen LogP contribution in [0.3, 0.4) is 0 Å². The first-order valence-corrected chi connectivity index (χ1v) is 13.8. The summed E-state index contributed by atoms with van der Waals surface area (Å²) in [6.07, 6.45) is 6.44. The SMILES string of the molecule is O=CN(CCCCCCCCN(C=O)c1ccc(P(=O)([O-])[O-])cc1)c1ccc(P(=O)([O-])[O-])cc1.[Na+].[Na+].[Na+].[Na+]. The summed E-state index contributed by atoms with van der Waals surface area (Å²) in [4.78, 5) is 69.6.